The van der Waals surface area contributed by atoms with Crippen LogP contribution in [0.15, 0.2) is 84.9 Å². The monoisotopic (exact) mass is 403 g/mol. The summed E-state index contributed by atoms with van der Waals surface area (Å²) < 4.78 is 2.64. The van der Waals surface area contributed by atoms with Crippen molar-refractivity contribution in [2.24, 2.45) is 0 Å². The van der Waals surface area contributed by atoms with Crippen LogP contribution in [0.25, 0.3) is 53.1 Å². The van der Waals surface area contributed by atoms with E-state index in [2.05, 4.69) is 98.8 Å². The van der Waals surface area contributed by atoms with E-state index in [0.29, 0.717) is 5.92 Å². The van der Waals surface area contributed by atoms with Crippen LogP contribution >= 0.6 is 11.3 Å². The van der Waals surface area contributed by atoms with E-state index < -0.39 is 0 Å². The predicted molar refractivity (Wildman–Crippen MR) is 132 cm³/mol. The third kappa shape index (κ3) is 2.57. The first-order valence-corrected chi connectivity index (χ1v) is 11.3. The molecule has 30 heavy (non-hydrogen) atoms. The number of aromatic nitrogens is 1. The maximum Gasteiger partial charge on any atom is 0.0809 e. The molecule has 0 bridgehead atoms. The number of fused-ring (bicyclic) bond motifs is 6. The minimum absolute atomic E-state index is 0.518. The Morgan fingerprint density at radius 2 is 1.53 bits per heavy atom. The summed E-state index contributed by atoms with van der Waals surface area (Å²) in [6.07, 6.45) is 0. The number of hydrogen-bond acceptors (Lipinski definition) is 2. The molecule has 2 aromatic heterocycles. The number of pyridine rings is 1. The van der Waals surface area contributed by atoms with Crippen molar-refractivity contribution in [3.05, 3.63) is 90.5 Å². The average Bonchev–Trinajstić information content (AvgIpc) is 3.18. The molecule has 0 unspecified atom stereocenters. The Bertz CT molecular complexity index is 1570. The van der Waals surface area contributed by atoms with Gasteiger partial charge in [-0.25, -0.2) is 4.98 Å². The molecule has 6 aromatic rings. The summed E-state index contributed by atoms with van der Waals surface area (Å²) in [7, 11) is 0. The van der Waals surface area contributed by atoms with Crippen molar-refractivity contribution >= 4 is 53.2 Å². The molecule has 1 nitrogen and oxygen atoms in total. The van der Waals surface area contributed by atoms with Crippen LogP contribution in [-0.2, 0) is 0 Å². The zero-order valence-electron chi connectivity index (χ0n) is 17.0. The summed E-state index contributed by atoms with van der Waals surface area (Å²) in [5.74, 6) is 0.518. The fourth-order valence-corrected chi connectivity index (χ4v) is 5.71. The molecule has 6 rings (SSSR count). The van der Waals surface area contributed by atoms with E-state index in [-0.39, 0.29) is 0 Å². The lowest BCUT2D eigenvalue weighted by molar-refractivity contribution is 0.869. The van der Waals surface area contributed by atoms with Gasteiger partial charge in [0.05, 0.1) is 11.2 Å². The molecule has 0 spiro atoms. The predicted octanol–water partition coefficient (Wildman–Crippen LogP) is 8.55. The standard InChI is InChI=1S/C28H21NS/c1-17(2)18-14-15-20-19(16-18)8-7-11-21(20)27-26-23-10-4-6-13-25(23)30-28(26)22-9-3-5-12-24(22)29-27/h3-17H,1-2H3. The van der Waals surface area contributed by atoms with Gasteiger partial charge in [-0.3, -0.25) is 0 Å². The van der Waals surface area contributed by atoms with E-state index in [1.807, 2.05) is 11.3 Å². The Labute approximate surface area is 179 Å². The van der Waals surface area contributed by atoms with Gasteiger partial charge in [0.25, 0.3) is 0 Å². The van der Waals surface area contributed by atoms with E-state index in [4.69, 9.17) is 4.98 Å². The van der Waals surface area contributed by atoms with Gasteiger partial charge in [-0.15, -0.1) is 11.3 Å². The summed E-state index contributed by atoms with van der Waals surface area (Å²) in [6, 6.07) is 30.7. The van der Waals surface area contributed by atoms with Crippen molar-refractivity contribution < 1.29 is 0 Å². The third-order valence-corrected chi connectivity index (χ3v) is 7.24. The Morgan fingerprint density at radius 1 is 0.733 bits per heavy atom. The first kappa shape index (κ1) is 17.6. The van der Waals surface area contributed by atoms with Crippen molar-refractivity contribution in [1.29, 1.82) is 0 Å². The highest BCUT2D eigenvalue weighted by Crippen LogP contribution is 2.44. The molecule has 0 fully saturated rings. The summed E-state index contributed by atoms with van der Waals surface area (Å²) in [5, 5.41) is 6.35. The number of nitrogens with zero attached hydrogens (tertiary/aromatic N) is 1. The molecule has 0 saturated heterocycles. The molecular formula is C28H21NS. The normalized spacial score (nSPS) is 12.0. The molecule has 0 amide bonds. The quantitative estimate of drug-likeness (QED) is 0.282. The maximum absolute atomic E-state index is 5.21. The number of rotatable bonds is 2. The van der Waals surface area contributed by atoms with E-state index in [1.165, 1.54) is 47.5 Å². The van der Waals surface area contributed by atoms with E-state index in [9.17, 15) is 0 Å². The van der Waals surface area contributed by atoms with Crippen LogP contribution in [0, 0.1) is 0 Å². The van der Waals surface area contributed by atoms with Crippen LogP contribution in [0.3, 0.4) is 0 Å². The van der Waals surface area contributed by atoms with E-state index in [1.54, 1.807) is 0 Å². The van der Waals surface area contributed by atoms with Crippen molar-refractivity contribution in [1.82, 2.24) is 4.98 Å². The molecule has 2 heteroatoms. The zero-order valence-corrected chi connectivity index (χ0v) is 17.8. The van der Waals surface area contributed by atoms with Crippen molar-refractivity contribution in [3.8, 4) is 11.3 Å². The Morgan fingerprint density at radius 3 is 2.40 bits per heavy atom. The number of benzene rings is 4. The Hall–Kier alpha value is -3.23. The lowest BCUT2D eigenvalue weighted by atomic mass is 9.94. The number of thiophene rings is 1. The Balaban J connectivity index is 1.78. The molecule has 0 saturated carbocycles. The van der Waals surface area contributed by atoms with Crippen molar-refractivity contribution in [2.45, 2.75) is 19.8 Å². The molecule has 0 aliphatic carbocycles. The molecule has 0 aliphatic rings. The van der Waals surface area contributed by atoms with Gasteiger partial charge in [0.15, 0.2) is 0 Å². The van der Waals surface area contributed by atoms with Gasteiger partial charge in [-0.05, 0) is 34.4 Å². The van der Waals surface area contributed by atoms with Crippen LogP contribution in [0.4, 0.5) is 0 Å². The molecule has 0 N–H and O–H groups in total. The highest BCUT2D eigenvalue weighted by atomic mass is 32.1. The van der Waals surface area contributed by atoms with Gasteiger partial charge in [-0.1, -0.05) is 86.6 Å². The van der Waals surface area contributed by atoms with Crippen LogP contribution in [0.5, 0.6) is 0 Å². The zero-order chi connectivity index (χ0) is 20.2. The van der Waals surface area contributed by atoms with E-state index in [0.717, 1.165) is 11.2 Å². The van der Waals surface area contributed by atoms with Crippen LogP contribution in [0.2, 0.25) is 0 Å². The topological polar surface area (TPSA) is 12.9 Å². The fraction of sp³-hybridized carbons (Fsp3) is 0.107. The van der Waals surface area contributed by atoms with E-state index >= 15 is 0 Å². The molecule has 144 valence electrons. The summed E-state index contributed by atoms with van der Waals surface area (Å²) in [4.78, 5) is 5.21. The van der Waals surface area contributed by atoms with Gasteiger partial charge >= 0.3 is 0 Å². The van der Waals surface area contributed by atoms with Crippen LogP contribution in [-0.4, -0.2) is 4.98 Å². The second kappa shape index (κ2) is 6.65. The highest BCUT2D eigenvalue weighted by Gasteiger charge is 2.17. The lowest BCUT2D eigenvalue weighted by Crippen LogP contribution is -1.91. The molecular weight excluding hydrogens is 382 g/mol. The minimum atomic E-state index is 0.518. The number of para-hydroxylation sites is 1. The van der Waals surface area contributed by atoms with Gasteiger partial charge in [0.2, 0.25) is 0 Å². The highest BCUT2D eigenvalue weighted by molar-refractivity contribution is 7.26. The summed E-state index contributed by atoms with van der Waals surface area (Å²) >= 11 is 1.87. The average molecular weight is 404 g/mol. The lowest BCUT2D eigenvalue weighted by Gasteiger charge is -2.12. The molecule has 2 heterocycles. The molecule has 0 atom stereocenters. The second-order valence-electron chi connectivity index (χ2n) is 8.22. The SMILES string of the molecule is CC(C)c1ccc2c(-c3nc4ccccc4c4sc5ccccc5c34)cccc2c1. The maximum atomic E-state index is 5.21. The van der Waals surface area contributed by atoms with Gasteiger partial charge < -0.3 is 0 Å². The minimum Gasteiger partial charge on any atom is -0.247 e. The Kier molecular flexibility index (Phi) is 3.90. The number of hydrogen-bond donors (Lipinski definition) is 0. The van der Waals surface area contributed by atoms with Crippen molar-refractivity contribution in [2.75, 3.05) is 0 Å². The first-order chi connectivity index (χ1) is 14.7. The van der Waals surface area contributed by atoms with Crippen LogP contribution < -0.4 is 0 Å². The summed E-state index contributed by atoms with van der Waals surface area (Å²) in [6.45, 7) is 4.49. The fourth-order valence-electron chi connectivity index (χ4n) is 4.47. The largest absolute Gasteiger partial charge is 0.247 e. The molecule has 0 aliphatic heterocycles. The van der Waals surface area contributed by atoms with Gasteiger partial charge in [-0.2, -0.15) is 0 Å². The second-order valence-corrected chi connectivity index (χ2v) is 9.27. The van der Waals surface area contributed by atoms with Gasteiger partial charge in [0, 0.05) is 31.1 Å². The van der Waals surface area contributed by atoms with Gasteiger partial charge in [0.1, 0.15) is 0 Å². The third-order valence-electron chi connectivity index (χ3n) is 6.04. The first-order valence-electron chi connectivity index (χ1n) is 10.4. The van der Waals surface area contributed by atoms with Crippen molar-refractivity contribution in [3.63, 3.8) is 0 Å². The summed E-state index contributed by atoms with van der Waals surface area (Å²) in [5.41, 5.74) is 4.73. The van der Waals surface area contributed by atoms with Crippen LogP contribution in [0.1, 0.15) is 25.3 Å². The molecule has 4 aromatic carbocycles. The smallest absolute Gasteiger partial charge is 0.0809 e. The molecule has 0 radical (unpaired) electrons.